The first-order valence-electron chi connectivity index (χ1n) is 12.6. The standard InChI is InChI=1S/C29H32Cl3N3O4S/c1-19(2)33-29(37)27(15-21-8-6-5-7-9-21)34(17-22-11-13-24(31)25(32)14-22)28(36)18-35(40(4,38)39)26-16-23(30)12-10-20(26)3/h5-14,16,19,27H,15,17-18H2,1-4H3,(H,33,37)/t27-/m0/s1. The first kappa shape index (κ1) is 31.7. The van der Waals surface area contributed by atoms with Crippen LogP contribution in [0.1, 0.15) is 30.5 Å². The van der Waals surface area contributed by atoms with E-state index in [1.807, 2.05) is 44.2 Å². The second-order valence-electron chi connectivity index (χ2n) is 9.84. The third-order valence-electron chi connectivity index (χ3n) is 6.16. The molecular formula is C29H32Cl3N3O4S. The van der Waals surface area contributed by atoms with Crippen molar-refractivity contribution in [2.75, 3.05) is 17.1 Å². The van der Waals surface area contributed by atoms with Gasteiger partial charge in [-0.15, -0.1) is 0 Å². The van der Waals surface area contributed by atoms with E-state index in [0.717, 1.165) is 16.1 Å². The molecule has 1 N–H and O–H groups in total. The molecular weight excluding hydrogens is 593 g/mol. The number of anilines is 1. The largest absolute Gasteiger partial charge is 0.352 e. The van der Waals surface area contributed by atoms with E-state index in [0.29, 0.717) is 26.2 Å². The number of hydrogen-bond acceptors (Lipinski definition) is 4. The molecule has 0 unspecified atom stereocenters. The quantitative estimate of drug-likeness (QED) is 0.289. The smallest absolute Gasteiger partial charge is 0.244 e. The lowest BCUT2D eigenvalue weighted by Gasteiger charge is -2.34. The molecule has 40 heavy (non-hydrogen) atoms. The van der Waals surface area contributed by atoms with Gasteiger partial charge in [0.15, 0.2) is 0 Å². The Labute approximate surface area is 251 Å². The minimum atomic E-state index is -3.91. The van der Waals surface area contributed by atoms with Crippen LogP contribution in [0.3, 0.4) is 0 Å². The van der Waals surface area contributed by atoms with E-state index in [4.69, 9.17) is 34.8 Å². The molecule has 0 saturated heterocycles. The van der Waals surface area contributed by atoms with E-state index >= 15 is 0 Å². The van der Waals surface area contributed by atoms with Crippen LogP contribution in [0.5, 0.6) is 0 Å². The number of amides is 2. The summed E-state index contributed by atoms with van der Waals surface area (Å²) in [6.07, 6.45) is 1.23. The zero-order valence-electron chi connectivity index (χ0n) is 22.7. The molecule has 0 aliphatic rings. The van der Waals surface area contributed by atoms with E-state index < -0.39 is 28.5 Å². The van der Waals surface area contributed by atoms with Gasteiger partial charge in [-0.1, -0.05) is 77.3 Å². The highest BCUT2D eigenvalue weighted by molar-refractivity contribution is 7.92. The van der Waals surface area contributed by atoms with Gasteiger partial charge in [0.05, 0.1) is 22.0 Å². The Bertz CT molecular complexity index is 1470. The lowest BCUT2D eigenvalue weighted by molar-refractivity contribution is -0.140. The van der Waals surface area contributed by atoms with Crippen molar-refractivity contribution in [3.8, 4) is 0 Å². The molecule has 0 heterocycles. The fourth-order valence-corrected chi connectivity index (χ4v) is 5.60. The maximum Gasteiger partial charge on any atom is 0.244 e. The second kappa shape index (κ2) is 13.7. The third kappa shape index (κ3) is 8.61. The Morgan fingerprint density at radius 3 is 2.17 bits per heavy atom. The van der Waals surface area contributed by atoms with E-state index in [9.17, 15) is 18.0 Å². The van der Waals surface area contributed by atoms with Gasteiger partial charge < -0.3 is 10.2 Å². The summed E-state index contributed by atoms with van der Waals surface area (Å²) in [5.41, 5.74) is 2.37. The summed E-state index contributed by atoms with van der Waals surface area (Å²) in [5.74, 6) is -0.937. The molecule has 0 bridgehead atoms. The fourth-order valence-electron chi connectivity index (χ4n) is 4.22. The number of benzene rings is 3. The molecule has 3 rings (SSSR count). The molecule has 0 spiro atoms. The van der Waals surface area contributed by atoms with Gasteiger partial charge in [0.1, 0.15) is 12.6 Å². The Hall–Kier alpha value is -2.78. The molecule has 0 saturated carbocycles. The number of hydrogen-bond donors (Lipinski definition) is 1. The lowest BCUT2D eigenvalue weighted by Crippen LogP contribution is -2.54. The summed E-state index contributed by atoms with van der Waals surface area (Å²) in [5, 5.41) is 3.88. The number of sulfonamides is 1. The predicted octanol–water partition coefficient (Wildman–Crippen LogP) is 5.89. The summed E-state index contributed by atoms with van der Waals surface area (Å²) >= 11 is 18.6. The highest BCUT2D eigenvalue weighted by Crippen LogP contribution is 2.28. The maximum atomic E-state index is 14.1. The first-order chi connectivity index (χ1) is 18.8. The molecule has 0 aromatic heterocycles. The van der Waals surface area contributed by atoms with Gasteiger partial charge in [-0.05, 0) is 61.7 Å². The van der Waals surface area contributed by atoms with Gasteiger partial charge in [-0.25, -0.2) is 8.42 Å². The minimum Gasteiger partial charge on any atom is -0.352 e. The van der Waals surface area contributed by atoms with Crippen molar-refractivity contribution >= 4 is 62.3 Å². The summed E-state index contributed by atoms with van der Waals surface area (Å²) < 4.78 is 26.9. The molecule has 3 aromatic carbocycles. The monoisotopic (exact) mass is 623 g/mol. The fraction of sp³-hybridized carbons (Fsp3) is 0.310. The van der Waals surface area contributed by atoms with Crippen molar-refractivity contribution < 1.29 is 18.0 Å². The number of nitrogens with one attached hydrogen (secondary N) is 1. The Balaban J connectivity index is 2.10. The topological polar surface area (TPSA) is 86.8 Å². The number of carbonyl (C=O) groups is 2. The van der Waals surface area contributed by atoms with Gasteiger partial charge >= 0.3 is 0 Å². The van der Waals surface area contributed by atoms with Crippen LogP contribution in [0.4, 0.5) is 5.69 Å². The van der Waals surface area contributed by atoms with Crippen molar-refractivity contribution in [1.29, 1.82) is 0 Å². The Morgan fingerprint density at radius 2 is 1.57 bits per heavy atom. The average Bonchev–Trinajstić information content (AvgIpc) is 2.87. The highest BCUT2D eigenvalue weighted by Gasteiger charge is 2.33. The van der Waals surface area contributed by atoms with Crippen LogP contribution in [0.2, 0.25) is 15.1 Å². The number of carbonyl (C=O) groups excluding carboxylic acids is 2. The van der Waals surface area contributed by atoms with Crippen LogP contribution in [0, 0.1) is 6.92 Å². The first-order valence-corrected chi connectivity index (χ1v) is 15.6. The second-order valence-corrected chi connectivity index (χ2v) is 13.0. The van der Waals surface area contributed by atoms with Gasteiger partial charge in [-0.2, -0.15) is 0 Å². The van der Waals surface area contributed by atoms with Crippen molar-refractivity contribution in [2.24, 2.45) is 0 Å². The van der Waals surface area contributed by atoms with Gasteiger partial charge in [0.25, 0.3) is 0 Å². The Morgan fingerprint density at radius 1 is 0.900 bits per heavy atom. The van der Waals surface area contributed by atoms with Crippen molar-refractivity contribution in [3.05, 3.63) is 98.5 Å². The molecule has 0 aliphatic carbocycles. The number of rotatable bonds is 11. The van der Waals surface area contributed by atoms with Gasteiger partial charge in [0, 0.05) is 24.0 Å². The van der Waals surface area contributed by atoms with Crippen LogP contribution in [-0.2, 0) is 32.6 Å². The SMILES string of the molecule is Cc1ccc(Cl)cc1N(CC(=O)N(Cc1ccc(Cl)c(Cl)c1)[C@@H](Cc1ccccc1)C(=O)NC(C)C)S(C)(=O)=O. The van der Waals surface area contributed by atoms with Crippen LogP contribution >= 0.6 is 34.8 Å². The summed E-state index contributed by atoms with van der Waals surface area (Å²) in [6, 6.07) is 18.0. The van der Waals surface area contributed by atoms with Crippen LogP contribution in [-0.4, -0.2) is 50.0 Å². The number of halogens is 3. The van der Waals surface area contributed by atoms with Crippen molar-refractivity contribution in [3.63, 3.8) is 0 Å². The number of nitrogens with zero attached hydrogens (tertiary/aromatic N) is 2. The number of aryl methyl sites for hydroxylation is 1. The highest BCUT2D eigenvalue weighted by atomic mass is 35.5. The van der Waals surface area contributed by atoms with Crippen molar-refractivity contribution in [2.45, 2.75) is 45.8 Å². The van der Waals surface area contributed by atoms with Gasteiger partial charge in [0.2, 0.25) is 21.8 Å². The molecule has 0 fully saturated rings. The van der Waals surface area contributed by atoms with E-state index in [1.54, 1.807) is 37.3 Å². The lowest BCUT2D eigenvalue weighted by atomic mass is 10.0. The molecule has 3 aromatic rings. The summed E-state index contributed by atoms with van der Waals surface area (Å²) in [4.78, 5) is 29.1. The summed E-state index contributed by atoms with van der Waals surface area (Å²) in [6.45, 7) is 4.84. The van der Waals surface area contributed by atoms with Crippen LogP contribution in [0.25, 0.3) is 0 Å². The van der Waals surface area contributed by atoms with E-state index in [-0.39, 0.29) is 30.6 Å². The van der Waals surface area contributed by atoms with E-state index in [1.165, 1.54) is 11.0 Å². The van der Waals surface area contributed by atoms with Crippen LogP contribution < -0.4 is 9.62 Å². The molecule has 0 aliphatic heterocycles. The van der Waals surface area contributed by atoms with E-state index in [2.05, 4.69) is 5.32 Å². The van der Waals surface area contributed by atoms with Gasteiger partial charge in [-0.3, -0.25) is 13.9 Å². The molecule has 11 heteroatoms. The molecule has 7 nitrogen and oxygen atoms in total. The molecule has 0 radical (unpaired) electrons. The van der Waals surface area contributed by atoms with Crippen molar-refractivity contribution in [1.82, 2.24) is 10.2 Å². The third-order valence-corrected chi connectivity index (χ3v) is 8.26. The molecule has 214 valence electrons. The molecule has 1 atom stereocenters. The maximum absolute atomic E-state index is 14.1. The average molecular weight is 625 g/mol. The molecule has 2 amide bonds. The predicted molar refractivity (Wildman–Crippen MR) is 163 cm³/mol. The zero-order valence-corrected chi connectivity index (χ0v) is 25.8. The van der Waals surface area contributed by atoms with Crippen LogP contribution in [0.15, 0.2) is 66.7 Å². The normalized spacial score (nSPS) is 12.2. The minimum absolute atomic E-state index is 0.00906. The Kier molecular flexibility index (Phi) is 10.9. The summed E-state index contributed by atoms with van der Waals surface area (Å²) in [7, 11) is -3.91. The zero-order chi connectivity index (χ0) is 29.6.